The van der Waals surface area contributed by atoms with Gasteiger partial charge >= 0.3 is 6.03 Å². The number of amides is 3. The predicted octanol–water partition coefficient (Wildman–Crippen LogP) is 0.678. The van der Waals surface area contributed by atoms with Crippen molar-refractivity contribution in [3.63, 3.8) is 0 Å². The molecule has 0 saturated carbocycles. The van der Waals surface area contributed by atoms with Crippen LogP contribution in [0.4, 0.5) is 10.5 Å². The molecule has 5 N–H and O–H groups in total. The molecule has 3 amide bonds. The van der Waals surface area contributed by atoms with Gasteiger partial charge in [-0.25, -0.2) is 4.79 Å². The third-order valence-electron chi connectivity index (χ3n) is 2.35. The molecular weight excluding hydrogens is 234 g/mol. The van der Waals surface area contributed by atoms with Crippen LogP contribution in [-0.2, 0) is 0 Å². The smallest absolute Gasteiger partial charge is 0.316 e. The summed E-state index contributed by atoms with van der Waals surface area (Å²) >= 11 is 0. The standard InChI is InChI=1S/C12H17N3O3/c1-8(6-7-16)14-11(17)9-2-4-10(5-3-9)15-12(13)18/h2-5,8,16H,6-7H2,1H3,(H,14,17)(H3,13,15,18). The number of rotatable bonds is 5. The summed E-state index contributed by atoms with van der Waals surface area (Å²) in [5.74, 6) is -0.221. The second kappa shape index (κ2) is 6.61. The minimum absolute atomic E-state index is 0.0307. The van der Waals surface area contributed by atoms with Crippen molar-refractivity contribution >= 4 is 17.6 Å². The lowest BCUT2D eigenvalue weighted by Crippen LogP contribution is -2.33. The molecule has 1 aromatic rings. The van der Waals surface area contributed by atoms with Gasteiger partial charge in [0.15, 0.2) is 0 Å². The highest BCUT2D eigenvalue weighted by atomic mass is 16.3. The number of carbonyl (C=O) groups is 2. The Morgan fingerprint density at radius 3 is 2.44 bits per heavy atom. The van der Waals surface area contributed by atoms with E-state index in [1.165, 1.54) is 0 Å². The molecule has 6 nitrogen and oxygen atoms in total. The number of hydrogen-bond acceptors (Lipinski definition) is 3. The monoisotopic (exact) mass is 251 g/mol. The Balaban J connectivity index is 2.61. The number of nitrogens with two attached hydrogens (primary N) is 1. The van der Waals surface area contributed by atoms with Crippen LogP contribution in [0, 0.1) is 0 Å². The Bertz CT molecular complexity index is 417. The van der Waals surface area contributed by atoms with Crippen molar-refractivity contribution in [3.8, 4) is 0 Å². The van der Waals surface area contributed by atoms with Gasteiger partial charge in [-0.3, -0.25) is 4.79 Å². The molecule has 1 rings (SSSR count). The summed E-state index contributed by atoms with van der Waals surface area (Å²) < 4.78 is 0. The van der Waals surface area contributed by atoms with Gasteiger partial charge in [0.25, 0.3) is 5.91 Å². The molecule has 0 radical (unpaired) electrons. The first-order valence-corrected chi connectivity index (χ1v) is 5.61. The van der Waals surface area contributed by atoms with Crippen molar-refractivity contribution in [2.24, 2.45) is 5.73 Å². The molecule has 0 bridgehead atoms. The lowest BCUT2D eigenvalue weighted by atomic mass is 10.1. The minimum Gasteiger partial charge on any atom is -0.396 e. The van der Waals surface area contributed by atoms with E-state index in [2.05, 4.69) is 10.6 Å². The van der Waals surface area contributed by atoms with Crippen LogP contribution in [0.15, 0.2) is 24.3 Å². The van der Waals surface area contributed by atoms with Crippen LogP contribution in [0.25, 0.3) is 0 Å². The highest BCUT2D eigenvalue weighted by Crippen LogP contribution is 2.09. The molecule has 1 atom stereocenters. The Morgan fingerprint density at radius 1 is 1.33 bits per heavy atom. The fraction of sp³-hybridized carbons (Fsp3) is 0.333. The zero-order valence-corrected chi connectivity index (χ0v) is 10.1. The van der Waals surface area contributed by atoms with Crippen molar-refractivity contribution in [2.75, 3.05) is 11.9 Å². The van der Waals surface area contributed by atoms with Crippen LogP contribution in [0.1, 0.15) is 23.7 Å². The number of aliphatic hydroxyl groups is 1. The normalized spacial score (nSPS) is 11.7. The molecule has 0 spiro atoms. The van der Waals surface area contributed by atoms with Crippen molar-refractivity contribution in [1.29, 1.82) is 0 Å². The molecular formula is C12H17N3O3. The molecule has 0 saturated heterocycles. The van der Waals surface area contributed by atoms with E-state index < -0.39 is 6.03 Å². The van der Waals surface area contributed by atoms with E-state index in [0.29, 0.717) is 17.7 Å². The molecule has 0 aliphatic carbocycles. The second-order valence-corrected chi connectivity index (χ2v) is 3.95. The lowest BCUT2D eigenvalue weighted by molar-refractivity contribution is 0.0934. The van der Waals surface area contributed by atoms with Gasteiger partial charge in [0.1, 0.15) is 0 Å². The average molecular weight is 251 g/mol. The Kier molecular flexibility index (Phi) is 5.13. The first-order chi connectivity index (χ1) is 8.52. The number of nitrogens with one attached hydrogen (secondary N) is 2. The minimum atomic E-state index is -0.649. The molecule has 1 unspecified atom stereocenters. The third kappa shape index (κ3) is 4.42. The van der Waals surface area contributed by atoms with Crippen LogP contribution in [0.5, 0.6) is 0 Å². The topological polar surface area (TPSA) is 104 Å². The third-order valence-corrected chi connectivity index (χ3v) is 2.35. The van der Waals surface area contributed by atoms with E-state index in [0.717, 1.165) is 0 Å². The van der Waals surface area contributed by atoms with Crippen molar-refractivity contribution in [1.82, 2.24) is 5.32 Å². The van der Waals surface area contributed by atoms with Crippen LogP contribution in [-0.4, -0.2) is 29.7 Å². The van der Waals surface area contributed by atoms with E-state index >= 15 is 0 Å². The van der Waals surface area contributed by atoms with E-state index in [1.807, 2.05) is 6.92 Å². The Labute approximate surface area is 105 Å². The molecule has 0 fully saturated rings. The van der Waals surface area contributed by atoms with E-state index in [-0.39, 0.29) is 18.6 Å². The van der Waals surface area contributed by atoms with Gasteiger partial charge in [-0.15, -0.1) is 0 Å². The molecule has 0 aliphatic rings. The summed E-state index contributed by atoms with van der Waals surface area (Å²) in [7, 11) is 0. The van der Waals surface area contributed by atoms with Crippen molar-refractivity contribution < 1.29 is 14.7 Å². The number of benzene rings is 1. The van der Waals surface area contributed by atoms with Gasteiger partial charge in [0.2, 0.25) is 0 Å². The molecule has 1 aromatic carbocycles. The number of hydrogen-bond donors (Lipinski definition) is 4. The number of carbonyl (C=O) groups excluding carboxylic acids is 2. The molecule has 98 valence electrons. The maximum absolute atomic E-state index is 11.8. The van der Waals surface area contributed by atoms with Crippen molar-refractivity contribution in [2.45, 2.75) is 19.4 Å². The van der Waals surface area contributed by atoms with Gasteiger partial charge in [-0.2, -0.15) is 0 Å². The van der Waals surface area contributed by atoms with Gasteiger partial charge in [0.05, 0.1) is 0 Å². The first kappa shape index (κ1) is 14.0. The molecule has 0 aliphatic heterocycles. The Morgan fingerprint density at radius 2 is 1.94 bits per heavy atom. The molecule has 6 heteroatoms. The summed E-state index contributed by atoms with van der Waals surface area (Å²) in [6.07, 6.45) is 0.507. The fourth-order valence-corrected chi connectivity index (χ4v) is 1.42. The van der Waals surface area contributed by atoms with Gasteiger partial charge in [-0.05, 0) is 37.6 Å². The number of primary amides is 1. The summed E-state index contributed by atoms with van der Waals surface area (Å²) in [4.78, 5) is 22.4. The van der Waals surface area contributed by atoms with Crippen LogP contribution in [0.2, 0.25) is 0 Å². The SMILES string of the molecule is CC(CCO)NC(=O)c1ccc(NC(N)=O)cc1. The van der Waals surface area contributed by atoms with E-state index in [4.69, 9.17) is 10.8 Å². The van der Waals surface area contributed by atoms with Gasteiger partial charge in [-0.1, -0.05) is 0 Å². The van der Waals surface area contributed by atoms with Gasteiger partial charge < -0.3 is 21.5 Å². The van der Waals surface area contributed by atoms with Gasteiger partial charge in [0, 0.05) is 23.9 Å². The summed E-state index contributed by atoms with van der Waals surface area (Å²) in [5.41, 5.74) is 5.98. The lowest BCUT2D eigenvalue weighted by Gasteiger charge is -2.12. The summed E-state index contributed by atoms with van der Waals surface area (Å²) in [5, 5.41) is 13.9. The van der Waals surface area contributed by atoms with Crippen LogP contribution >= 0.6 is 0 Å². The van der Waals surface area contributed by atoms with E-state index in [1.54, 1.807) is 24.3 Å². The van der Waals surface area contributed by atoms with E-state index in [9.17, 15) is 9.59 Å². The maximum atomic E-state index is 11.8. The Hall–Kier alpha value is -2.08. The molecule has 0 aromatic heterocycles. The highest BCUT2D eigenvalue weighted by molar-refractivity contribution is 5.95. The maximum Gasteiger partial charge on any atom is 0.316 e. The van der Waals surface area contributed by atoms with Crippen LogP contribution in [0.3, 0.4) is 0 Å². The summed E-state index contributed by atoms with van der Waals surface area (Å²) in [6, 6.07) is 5.63. The average Bonchev–Trinajstić information content (AvgIpc) is 2.29. The second-order valence-electron chi connectivity index (χ2n) is 3.95. The molecule has 18 heavy (non-hydrogen) atoms. The predicted molar refractivity (Wildman–Crippen MR) is 68.3 cm³/mol. The fourth-order valence-electron chi connectivity index (χ4n) is 1.42. The zero-order valence-electron chi connectivity index (χ0n) is 10.1. The largest absolute Gasteiger partial charge is 0.396 e. The number of urea groups is 1. The zero-order chi connectivity index (χ0) is 13.5. The quantitative estimate of drug-likeness (QED) is 0.618. The molecule has 0 heterocycles. The number of anilines is 1. The first-order valence-electron chi connectivity index (χ1n) is 5.61. The number of aliphatic hydroxyl groups excluding tert-OH is 1. The van der Waals surface area contributed by atoms with Crippen molar-refractivity contribution in [3.05, 3.63) is 29.8 Å². The summed E-state index contributed by atoms with van der Waals surface area (Å²) in [6.45, 7) is 1.85. The van der Waals surface area contributed by atoms with Crippen LogP contribution < -0.4 is 16.4 Å². The highest BCUT2D eigenvalue weighted by Gasteiger charge is 2.09.